The van der Waals surface area contributed by atoms with Crippen LogP contribution < -0.4 is 0 Å². The second-order valence-corrected chi connectivity index (χ2v) is 10.4. The highest BCUT2D eigenvalue weighted by Gasteiger charge is 2.52. The molecule has 1 aromatic rings. The van der Waals surface area contributed by atoms with Crippen LogP contribution >= 0.6 is 11.8 Å². The van der Waals surface area contributed by atoms with E-state index in [1.54, 1.807) is 0 Å². The molecular formula is C26H36O15S. The zero-order chi connectivity index (χ0) is 31.6. The average Bonchev–Trinajstić information content (AvgIpc) is 2.92. The highest BCUT2D eigenvalue weighted by Crippen LogP contribution is 2.37. The van der Waals surface area contributed by atoms with Gasteiger partial charge in [0.15, 0.2) is 24.6 Å². The smallest absolute Gasteiger partial charge is 0.303 e. The number of aliphatic hydroxyl groups is 5. The van der Waals surface area contributed by atoms with E-state index in [0.29, 0.717) is 0 Å². The van der Waals surface area contributed by atoms with E-state index in [1.165, 1.54) is 39.5 Å². The lowest BCUT2D eigenvalue weighted by Crippen LogP contribution is -2.61. The maximum Gasteiger partial charge on any atom is 0.303 e. The molecule has 0 aliphatic carbocycles. The summed E-state index contributed by atoms with van der Waals surface area (Å²) in [5.41, 5.74) is -0.826. The number of hydrogen-bond acceptors (Lipinski definition) is 16. The molecular weight excluding hydrogens is 584 g/mol. The van der Waals surface area contributed by atoms with E-state index in [-0.39, 0.29) is 6.61 Å². The van der Waals surface area contributed by atoms with Crippen molar-refractivity contribution >= 4 is 35.6 Å². The van der Waals surface area contributed by atoms with Crippen molar-refractivity contribution in [2.24, 2.45) is 0 Å². The number of thioether (sulfide) groups is 1. The summed E-state index contributed by atoms with van der Waals surface area (Å²) in [6, 6.07) is 9.16. The Labute approximate surface area is 245 Å². The molecule has 0 bridgehead atoms. The average molecular weight is 621 g/mol. The molecule has 2 aliphatic rings. The number of ether oxygens (including phenoxy) is 6. The molecule has 3 rings (SSSR count). The molecule has 10 unspecified atom stereocenters. The zero-order valence-corrected chi connectivity index (χ0v) is 24.1. The van der Waals surface area contributed by atoms with E-state index in [1.807, 2.05) is 30.3 Å². The summed E-state index contributed by atoms with van der Waals surface area (Å²) in [6.45, 7) is 4.03. The van der Waals surface area contributed by atoms with Gasteiger partial charge in [-0.3, -0.25) is 19.2 Å². The number of aliphatic hydroxyl groups excluding tert-OH is 5. The molecule has 2 saturated heterocycles. The van der Waals surface area contributed by atoms with Crippen molar-refractivity contribution in [3.8, 4) is 0 Å². The summed E-state index contributed by atoms with van der Waals surface area (Å²) in [4.78, 5) is 47.3. The number of rotatable bonds is 8. The Balaban J connectivity index is 0.000000428. The van der Waals surface area contributed by atoms with Crippen LogP contribution in [-0.4, -0.2) is 123 Å². The minimum absolute atomic E-state index is 0.246. The van der Waals surface area contributed by atoms with Crippen molar-refractivity contribution in [2.75, 3.05) is 13.2 Å². The summed E-state index contributed by atoms with van der Waals surface area (Å²) in [7, 11) is 0. The lowest BCUT2D eigenvalue weighted by molar-refractivity contribution is -0.286. The van der Waals surface area contributed by atoms with Crippen LogP contribution in [0.2, 0.25) is 0 Å². The van der Waals surface area contributed by atoms with Crippen molar-refractivity contribution in [3.63, 3.8) is 0 Å². The minimum Gasteiger partial charge on any atom is -0.463 e. The van der Waals surface area contributed by atoms with Crippen LogP contribution in [0.4, 0.5) is 0 Å². The fourth-order valence-electron chi connectivity index (χ4n) is 4.00. The van der Waals surface area contributed by atoms with Gasteiger partial charge >= 0.3 is 23.9 Å². The van der Waals surface area contributed by atoms with Crippen LogP contribution in [0.15, 0.2) is 35.2 Å². The molecule has 15 nitrogen and oxygen atoms in total. The van der Waals surface area contributed by atoms with Gasteiger partial charge in [-0.05, 0) is 12.1 Å². The topological polar surface area (TPSA) is 225 Å². The number of hydrogen-bond donors (Lipinski definition) is 5. The summed E-state index contributed by atoms with van der Waals surface area (Å²) in [5, 5.41) is 44.7. The number of benzene rings is 1. The highest BCUT2D eigenvalue weighted by molar-refractivity contribution is 7.99. The van der Waals surface area contributed by atoms with Gasteiger partial charge in [-0.15, -0.1) is 0 Å². The third-order valence-electron chi connectivity index (χ3n) is 5.81. The Morgan fingerprint density at radius 1 is 0.714 bits per heavy atom. The van der Waals surface area contributed by atoms with Gasteiger partial charge in [0.2, 0.25) is 0 Å². The number of esters is 4. The molecule has 2 fully saturated rings. The Kier molecular flexibility index (Phi) is 14.1. The van der Waals surface area contributed by atoms with Crippen molar-refractivity contribution in [1.29, 1.82) is 0 Å². The molecule has 5 N–H and O–H groups in total. The molecule has 0 radical (unpaired) electrons. The predicted molar refractivity (Wildman–Crippen MR) is 140 cm³/mol. The predicted octanol–water partition coefficient (Wildman–Crippen LogP) is -1.36. The third-order valence-corrected chi connectivity index (χ3v) is 6.97. The van der Waals surface area contributed by atoms with Gasteiger partial charge in [-0.1, -0.05) is 30.0 Å². The van der Waals surface area contributed by atoms with E-state index in [2.05, 4.69) is 4.74 Å². The fourth-order valence-corrected chi connectivity index (χ4v) is 5.12. The molecule has 10 atom stereocenters. The largest absolute Gasteiger partial charge is 0.463 e. The van der Waals surface area contributed by atoms with E-state index < -0.39 is 91.0 Å². The molecule has 2 heterocycles. The Bertz CT molecular complexity index is 1040. The first-order valence-corrected chi connectivity index (χ1v) is 13.6. The first-order valence-electron chi connectivity index (χ1n) is 12.8. The lowest BCUT2D eigenvalue weighted by Gasteiger charge is -2.44. The van der Waals surface area contributed by atoms with Crippen LogP contribution in [0, 0.1) is 0 Å². The molecule has 0 saturated carbocycles. The van der Waals surface area contributed by atoms with Gasteiger partial charge in [-0.2, -0.15) is 0 Å². The Hall–Kier alpha value is -2.83. The van der Waals surface area contributed by atoms with Gasteiger partial charge in [0, 0.05) is 32.6 Å². The maximum absolute atomic E-state index is 11.8. The van der Waals surface area contributed by atoms with Crippen molar-refractivity contribution < 1.29 is 73.1 Å². The summed E-state index contributed by atoms with van der Waals surface area (Å²) in [5.74, 6) is -2.51. The van der Waals surface area contributed by atoms with Crippen LogP contribution in [0.1, 0.15) is 27.7 Å². The molecule has 2 aliphatic heterocycles. The fraction of sp³-hybridized carbons (Fsp3) is 0.615. The molecule has 42 heavy (non-hydrogen) atoms. The quantitative estimate of drug-likeness (QED) is 0.167. The summed E-state index contributed by atoms with van der Waals surface area (Å²) < 4.78 is 31.8. The molecule has 0 aromatic heterocycles. The van der Waals surface area contributed by atoms with Crippen molar-refractivity contribution in [2.45, 2.75) is 93.1 Å². The standard InChI is InChI=1S/C20H24O9S.C6H12O6/c1-11(21)25-10-16-17(26-12(2)22)18(27-13(3)23)19(28-14(4)24)20(29-16)30-15-8-6-5-7-9-15;7-1-2-3(8)4(9)5(10)6(11)12-2/h5-9,16-20H,10H2,1-4H3;2-11H,1H2. The first-order chi connectivity index (χ1) is 19.7. The van der Waals surface area contributed by atoms with Gasteiger partial charge in [0.25, 0.3) is 0 Å². The molecule has 236 valence electrons. The number of carbonyl (C=O) groups excluding carboxylic acids is 4. The van der Waals surface area contributed by atoms with Crippen LogP contribution in [0.25, 0.3) is 0 Å². The molecule has 0 amide bonds. The zero-order valence-electron chi connectivity index (χ0n) is 23.3. The lowest BCUT2D eigenvalue weighted by atomic mass is 9.99. The number of carbonyl (C=O) groups is 4. The second kappa shape index (κ2) is 16.7. The van der Waals surface area contributed by atoms with Crippen LogP contribution in [-0.2, 0) is 47.6 Å². The summed E-state index contributed by atoms with van der Waals surface area (Å²) in [6.07, 6.45) is -11.4. The van der Waals surface area contributed by atoms with Gasteiger partial charge < -0.3 is 54.0 Å². The van der Waals surface area contributed by atoms with Crippen LogP contribution in [0.5, 0.6) is 0 Å². The van der Waals surface area contributed by atoms with E-state index in [4.69, 9.17) is 49.2 Å². The van der Waals surface area contributed by atoms with E-state index in [9.17, 15) is 19.2 Å². The van der Waals surface area contributed by atoms with Crippen LogP contribution in [0.3, 0.4) is 0 Å². The SMILES string of the molecule is CC(=O)OCC1OC(Sc2ccccc2)C(OC(C)=O)C(OC(C)=O)C1OC(C)=O.OCC1OC(O)C(O)C(O)C1O. The second-order valence-electron chi connectivity index (χ2n) is 9.22. The third kappa shape index (κ3) is 10.5. The van der Waals surface area contributed by atoms with E-state index >= 15 is 0 Å². The highest BCUT2D eigenvalue weighted by atomic mass is 32.2. The monoisotopic (exact) mass is 620 g/mol. The minimum atomic E-state index is -1.57. The van der Waals surface area contributed by atoms with Gasteiger partial charge in [0.05, 0.1) is 6.61 Å². The maximum atomic E-state index is 11.8. The Morgan fingerprint density at radius 3 is 1.79 bits per heavy atom. The first kappa shape index (κ1) is 35.4. The Morgan fingerprint density at radius 2 is 1.26 bits per heavy atom. The van der Waals surface area contributed by atoms with Gasteiger partial charge in [0.1, 0.15) is 42.6 Å². The molecule has 0 spiro atoms. The van der Waals surface area contributed by atoms with E-state index in [0.717, 1.165) is 4.90 Å². The van der Waals surface area contributed by atoms with Gasteiger partial charge in [-0.25, -0.2) is 0 Å². The van der Waals surface area contributed by atoms with Crippen molar-refractivity contribution in [3.05, 3.63) is 30.3 Å². The van der Waals surface area contributed by atoms with Crippen molar-refractivity contribution in [1.82, 2.24) is 0 Å². The summed E-state index contributed by atoms with van der Waals surface area (Å²) >= 11 is 1.23. The molecule has 1 aromatic carbocycles. The normalized spacial score (nSPS) is 32.4. The molecule has 16 heteroatoms.